The molecular formula is C14H18N2O2. The van der Waals surface area contributed by atoms with Gasteiger partial charge in [-0.2, -0.15) is 0 Å². The van der Waals surface area contributed by atoms with Gasteiger partial charge in [0.25, 0.3) is 5.91 Å². The molecule has 0 bridgehead atoms. The van der Waals surface area contributed by atoms with Gasteiger partial charge in [-0.15, -0.1) is 0 Å². The predicted molar refractivity (Wildman–Crippen MR) is 68.0 cm³/mol. The van der Waals surface area contributed by atoms with E-state index in [1.807, 2.05) is 23.1 Å². The van der Waals surface area contributed by atoms with Crippen molar-refractivity contribution >= 4 is 5.91 Å². The largest absolute Gasteiger partial charge is 0.372 e. The van der Waals surface area contributed by atoms with Gasteiger partial charge in [-0.25, -0.2) is 0 Å². The Kier molecular flexibility index (Phi) is 3.06. The van der Waals surface area contributed by atoms with E-state index in [1.54, 1.807) is 0 Å². The molecule has 1 aromatic carbocycles. The molecule has 1 saturated heterocycles. The third kappa shape index (κ3) is 1.91. The summed E-state index contributed by atoms with van der Waals surface area (Å²) >= 11 is 0. The minimum absolute atomic E-state index is 0.109. The van der Waals surface area contributed by atoms with Crippen LogP contribution in [0, 0.1) is 0 Å². The maximum atomic E-state index is 12.4. The second-order valence-corrected chi connectivity index (χ2v) is 5.01. The Morgan fingerprint density at radius 1 is 1.39 bits per heavy atom. The number of carbonyl (C=O) groups is 1. The summed E-state index contributed by atoms with van der Waals surface area (Å²) in [7, 11) is 0. The lowest BCUT2D eigenvalue weighted by molar-refractivity contribution is 0.0741. The Hall–Kier alpha value is -1.39. The van der Waals surface area contributed by atoms with Crippen LogP contribution in [0.1, 0.15) is 34.3 Å². The average Bonchev–Trinajstić information content (AvgIpc) is 3.05. The number of hydrogen-bond acceptors (Lipinski definition) is 3. The van der Waals surface area contributed by atoms with Crippen LogP contribution in [0.2, 0.25) is 0 Å². The fraction of sp³-hybridized carbons (Fsp3) is 0.500. The summed E-state index contributed by atoms with van der Waals surface area (Å²) in [6.45, 7) is 2.67. The number of carbonyl (C=O) groups excluding carboxylic acids is 1. The average molecular weight is 246 g/mol. The zero-order valence-electron chi connectivity index (χ0n) is 10.4. The first-order valence-corrected chi connectivity index (χ1v) is 6.50. The second kappa shape index (κ2) is 4.71. The van der Waals surface area contributed by atoms with E-state index < -0.39 is 0 Å². The second-order valence-electron chi connectivity index (χ2n) is 5.01. The highest BCUT2D eigenvalue weighted by Crippen LogP contribution is 2.24. The number of fused-ring (bicyclic) bond motifs is 1. The predicted octanol–water partition coefficient (Wildman–Crippen LogP) is 1.28. The number of nitrogens with zero attached hydrogens (tertiary/aromatic N) is 1. The van der Waals surface area contributed by atoms with Gasteiger partial charge in [-0.3, -0.25) is 4.79 Å². The highest BCUT2D eigenvalue weighted by atomic mass is 16.5. The molecule has 4 nitrogen and oxygen atoms in total. The SMILES string of the molecule is NCC1CCCN1C(=O)c1ccc2c(c1)COC2. The van der Waals surface area contributed by atoms with Crippen molar-refractivity contribution in [3.05, 3.63) is 34.9 Å². The summed E-state index contributed by atoms with van der Waals surface area (Å²) in [6, 6.07) is 6.09. The molecule has 4 heteroatoms. The van der Waals surface area contributed by atoms with Crippen LogP contribution in [-0.4, -0.2) is 29.9 Å². The number of likely N-dealkylation sites (tertiary alicyclic amines) is 1. The molecule has 1 fully saturated rings. The number of nitrogens with two attached hydrogens (primary N) is 1. The van der Waals surface area contributed by atoms with Crippen molar-refractivity contribution in [2.45, 2.75) is 32.1 Å². The normalized spacial score (nSPS) is 22.3. The van der Waals surface area contributed by atoms with Gasteiger partial charge in [-0.1, -0.05) is 6.07 Å². The number of hydrogen-bond donors (Lipinski definition) is 1. The van der Waals surface area contributed by atoms with E-state index in [1.165, 1.54) is 5.56 Å². The molecule has 0 saturated carbocycles. The van der Waals surface area contributed by atoms with Crippen molar-refractivity contribution in [2.75, 3.05) is 13.1 Å². The van der Waals surface area contributed by atoms with Gasteiger partial charge in [-0.05, 0) is 36.1 Å². The van der Waals surface area contributed by atoms with Gasteiger partial charge in [0.1, 0.15) is 0 Å². The van der Waals surface area contributed by atoms with Gasteiger partial charge < -0.3 is 15.4 Å². The third-order valence-electron chi connectivity index (χ3n) is 3.88. The number of rotatable bonds is 2. The van der Waals surface area contributed by atoms with Crippen LogP contribution in [0.25, 0.3) is 0 Å². The highest BCUT2D eigenvalue weighted by molar-refractivity contribution is 5.95. The van der Waals surface area contributed by atoms with Crippen LogP contribution in [0.15, 0.2) is 18.2 Å². The topological polar surface area (TPSA) is 55.6 Å². The van der Waals surface area contributed by atoms with Crippen molar-refractivity contribution in [2.24, 2.45) is 5.73 Å². The maximum absolute atomic E-state index is 12.4. The van der Waals surface area contributed by atoms with Gasteiger partial charge in [0.05, 0.1) is 13.2 Å². The van der Waals surface area contributed by atoms with Gasteiger partial charge in [0, 0.05) is 24.7 Å². The zero-order valence-corrected chi connectivity index (χ0v) is 10.4. The van der Waals surface area contributed by atoms with E-state index in [9.17, 15) is 4.79 Å². The van der Waals surface area contributed by atoms with Crippen molar-refractivity contribution in [3.63, 3.8) is 0 Å². The van der Waals surface area contributed by atoms with E-state index in [2.05, 4.69) is 0 Å². The minimum atomic E-state index is 0.109. The lowest BCUT2D eigenvalue weighted by Gasteiger charge is -2.23. The smallest absolute Gasteiger partial charge is 0.254 e. The van der Waals surface area contributed by atoms with Crippen LogP contribution in [0.5, 0.6) is 0 Å². The molecular weight excluding hydrogens is 228 g/mol. The van der Waals surface area contributed by atoms with E-state index >= 15 is 0 Å². The van der Waals surface area contributed by atoms with Crippen LogP contribution >= 0.6 is 0 Å². The van der Waals surface area contributed by atoms with Crippen molar-refractivity contribution in [1.29, 1.82) is 0 Å². The number of amides is 1. The summed E-state index contributed by atoms with van der Waals surface area (Å²) in [5.74, 6) is 0.109. The van der Waals surface area contributed by atoms with Crippen molar-refractivity contribution < 1.29 is 9.53 Å². The van der Waals surface area contributed by atoms with Crippen LogP contribution in [0.3, 0.4) is 0 Å². The highest BCUT2D eigenvalue weighted by Gasteiger charge is 2.28. The molecule has 0 radical (unpaired) electrons. The quantitative estimate of drug-likeness (QED) is 0.855. The van der Waals surface area contributed by atoms with E-state index in [4.69, 9.17) is 10.5 Å². The first kappa shape index (κ1) is 11.7. The van der Waals surface area contributed by atoms with Crippen molar-refractivity contribution in [3.8, 4) is 0 Å². The van der Waals surface area contributed by atoms with E-state index in [0.29, 0.717) is 19.8 Å². The molecule has 0 spiro atoms. The molecule has 96 valence electrons. The van der Waals surface area contributed by atoms with Crippen LogP contribution in [0.4, 0.5) is 0 Å². The number of benzene rings is 1. The Balaban J connectivity index is 1.84. The summed E-state index contributed by atoms with van der Waals surface area (Å²) in [5.41, 5.74) is 8.82. The molecule has 0 aliphatic carbocycles. The summed E-state index contributed by atoms with van der Waals surface area (Å²) in [4.78, 5) is 14.4. The Morgan fingerprint density at radius 2 is 2.22 bits per heavy atom. The van der Waals surface area contributed by atoms with Gasteiger partial charge in [0.15, 0.2) is 0 Å². The molecule has 2 heterocycles. The molecule has 1 aromatic rings. The Labute approximate surface area is 107 Å². The zero-order chi connectivity index (χ0) is 12.5. The fourth-order valence-corrected chi connectivity index (χ4v) is 2.82. The number of ether oxygens (including phenoxy) is 1. The van der Waals surface area contributed by atoms with Crippen LogP contribution < -0.4 is 5.73 Å². The Bertz CT molecular complexity index is 473. The standard InChI is InChI=1S/C14H18N2O2/c15-7-13-2-1-5-16(13)14(17)10-3-4-11-8-18-9-12(11)6-10/h3-4,6,13H,1-2,5,7-9,15H2. The molecule has 3 rings (SSSR count). The molecule has 2 aliphatic heterocycles. The molecule has 1 atom stereocenters. The maximum Gasteiger partial charge on any atom is 0.254 e. The molecule has 18 heavy (non-hydrogen) atoms. The lowest BCUT2D eigenvalue weighted by Crippen LogP contribution is -2.39. The van der Waals surface area contributed by atoms with Gasteiger partial charge >= 0.3 is 0 Å². The fourth-order valence-electron chi connectivity index (χ4n) is 2.82. The van der Waals surface area contributed by atoms with Crippen LogP contribution in [-0.2, 0) is 18.0 Å². The lowest BCUT2D eigenvalue weighted by atomic mass is 10.1. The Morgan fingerprint density at radius 3 is 3.06 bits per heavy atom. The molecule has 0 aromatic heterocycles. The first-order valence-electron chi connectivity index (χ1n) is 6.50. The monoisotopic (exact) mass is 246 g/mol. The summed E-state index contributed by atoms with van der Waals surface area (Å²) in [5, 5.41) is 0. The molecule has 2 aliphatic rings. The minimum Gasteiger partial charge on any atom is -0.372 e. The van der Waals surface area contributed by atoms with Gasteiger partial charge in [0.2, 0.25) is 0 Å². The summed E-state index contributed by atoms with van der Waals surface area (Å²) in [6.07, 6.45) is 2.08. The van der Waals surface area contributed by atoms with Crippen molar-refractivity contribution in [1.82, 2.24) is 4.90 Å². The third-order valence-corrected chi connectivity index (χ3v) is 3.88. The molecule has 1 amide bonds. The van der Waals surface area contributed by atoms with E-state index in [-0.39, 0.29) is 11.9 Å². The molecule has 2 N–H and O–H groups in total. The first-order chi connectivity index (χ1) is 8.79. The molecule has 1 unspecified atom stereocenters. The van der Waals surface area contributed by atoms with E-state index in [0.717, 1.165) is 30.5 Å². The summed E-state index contributed by atoms with van der Waals surface area (Å²) < 4.78 is 5.37.